The third-order valence-electron chi connectivity index (χ3n) is 4.04. The Labute approximate surface area is 116 Å². The van der Waals surface area contributed by atoms with E-state index in [9.17, 15) is 0 Å². The predicted molar refractivity (Wildman–Crippen MR) is 83.6 cm³/mol. The Kier molecular flexibility index (Phi) is 3.90. The lowest BCUT2D eigenvalue weighted by Gasteiger charge is -2.31. The maximum absolute atomic E-state index is 4.10. The van der Waals surface area contributed by atoms with E-state index in [1.807, 2.05) is 0 Å². The molecule has 0 spiro atoms. The summed E-state index contributed by atoms with van der Waals surface area (Å²) >= 11 is 0. The van der Waals surface area contributed by atoms with Gasteiger partial charge in [0.1, 0.15) is 0 Å². The number of aryl methyl sites for hydroxylation is 2. The van der Waals surface area contributed by atoms with Crippen LogP contribution in [-0.2, 0) is 5.41 Å². The first-order chi connectivity index (χ1) is 9.12. The minimum absolute atomic E-state index is 0.0819. The molecule has 2 aromatic rings. The largest absolute Gasteiger partial charge is 0.102 e. The van der Waals surface area contributed by atoms with E-state index in [0.29, 0.717) is 0 Å². The fraction of sp³-hybridized carbons (Fsp3) is 0.263. The van der Waals surface area contributed by atoms with E-state index < -0.39 is 0 Å². The zero-order valence-corrected chi connectivity index (χ0v) is 12.1. The van der Waals surface area contributed by atoms with Crippen molar-refractivity contribution in [2.75, 3.05) is 0 Å². The van der Waals surface area contributed by atoms with Crippen molar-refractivity contribution in [3.63, 3.8) is 0 Å². The summed E-state index contributed by atoms with van der Waals surface area (Å²) in [5.74, 6) is 0. The standard InChI is InChI=1S/C19H22/c1-5-19(6-2,17-11-7-15(3)8-12-17)18-13-9-16(4)10-14-18/h5,7-14H,1,6H2,2-4H3. The maximum atomic E-state index is 4.10. The number of allylic oxidation sites excluding steroid dienone is 1. The van der Waals surface area contributed by atoms with E-state index in [1.54, 1.807) is 0 Å². The summed E-state index contributed by atoms with van der Waals surface area (Å²) in [5, 5.41) is 0. The lowest BCUT2D eigenvalue weighted by molar-refractivity contribution is 0.618. The third-order valence-corrected chi connectivity index (χ3v) is 4.04. The van der Waals surface area contributed by atoms with Gasteiger partial charge < -0.3 is 0 Å². The van der Waals surface area contributed by atoms with Crippen molar-refractivity contribution in [2.24, 2.45) is 0 Å². The summed E-state index contributed by atoms with van der Waals surface area (Å²) in [4.78, 5) is 0. The van der Waals surface area contributed by atoms with Gasteiger partial charge in [-0.25, -0.2) is 0 Å². The second kappa shape index (κ2) is 5.44. The molecule has 0 bridgehead atoms. The molecule has 2 rings (SSSR count). The van der Waals surface area contributed by atoms with Crippen molar-refractivity contribution in [1.82, 2.24) is 0 Å². The van der Waals surface area contributed by atoms with Crippen LogP contribution >= 0.6 is 0 Å². The smallest absolute Gasteiger partial charge is 0.0376 e. The lowest BCUT2D eigenvalue weighted by atomic mass is 9.72. The van der Waals surface area contributed by atoms with Crippen LogP contribution in [0.3, 0.4) is 0 Å². The normalized spacial score (nSPS) is 11.3. The van der Waals surface area contributed by atoms with Crippen LogP contribution in [0.1, 0.15) is 35.6 Å². The topological polar surface area (TPSA) is 0 Å². The number of rotatable bonds is 4. The molecule has 0 aliphatic heterocycles. The van der Waals surface area contributed by atoms with Gasteiger partial charge in [-0.05, 0) is 31.4 Å². The molecule has 2 aromatic carbocycles. The van der Waals surface area contributed by atoms with Crippen molar-refractivity contribution in [2.45, 2.75) is 32.6 Å². The van der Waals surface area contributed by atoms with E-state index in [2.05, 4.69) is 82.0 Å². The van der Waals surface area contributed by atoms with E-state index in [1.165, 1.54) is 22.3 Å². The molecule has 0 fully saturated rings. The quantitative estimate of drug-likeness (QED) is 0.655. The van der Waals surface area contributed by atoms with Crippen LogP contribution in [0, 0.1) is 13.8 Å². The minimum atomic E-state index is -0.0819. The molecule has 0 aliphatic rings. The zero-order chi connectivity index (χ0) is 13.9. The zero-order valence-electron chi connectivity index (χ0n) is 12.1. The van der Waals surface area contributed by atoms with E-state index in [0.717, 1.165) is 6.42 Å². The molecule has 0 saturated heterocycles. The summed E-state index contributed by atoms with van der Waals surface area (Å²) < 4.78 is 0. The Morgan fingerprint density at radius 1 is 0.842 bits per heavy atom. The molecule has 0 radical (unpaired) electrons. The second-order valence-corrected chi connectivity index (χ2v) is 5.26. The number of hydrogen-bond acceptors (Lipinski definition) is 0. The van der Waals surface area contributed by atoms with Gasteiger partial charge in [-0.2, -0.15) is 0 Å². The Balaban J connectivity index is 2.56. The van der Waals surface area contributed by atoms with Gasteiger partial charge in [-0.1, -0.05) is 72.7 Å². The SMILES string of the molecule is C=CC(CC)(c1ccc(C)cc1)c1ccc(C)cc1. The average molecular weight is 250 g/mol. The highest BCUT2D eigenvalue weighted by Gasteiger charge is 2.28. The molecule has 0 unspecified atom stereocenters. The van der Waals surface area contributed by atoms with Crippen LogP contribution in [0.15, 0.2) is 61.2 Å². The van der Waals surface area contributed by atoms with Gasteiger partial charge >= 0.3 is 0 Å². The van der Waals surface area contributed by atoms with Gasteiger partial charge in [0, 0.05) is 5.41 Å². The molecular weight excluding hydrogens is 228 g/mol. The monoisotopic (exact) mass is 250 g/mol. The van der Waals surface area contributed by atoms with Crippen molar-refractivity contribution < 1.29 is 0 Å². The molecule has 0 atom stereocenters. The van der Waals surface area contributed by atoms with Crippen LogP contribution in [0.2, 0.25) is 0 Å². The number of hydrogen-bond donors (Lipinski definition) is 0. The van der Waals surface area contributed by atoms with Crippen LogP contribution in [0.5, 0.6) is 0 Å². The molecule has 0 heterocycles. The van der Waals surface area contributed by atoms with E-state index in [-0.39, 0.29) is 5.41 Å². The Morgan fingerprint density at radius 3 is 1.47 bits per heavy atom. The highest BCUT2D eigenvalue weighted by molar-refractivity contribution is 5.45. The Morgan fingerprint density at radius 2 is 1.21 bits per heavy atom. The second-order valence-electron chi connectivity index (χ2n) is 5.26. The first-order valence-corrected chi connectivity index (χ1v) is 6.90. The summed E-state index contributed by atoms with van der Waals surface area (Å²) in [5.41, 5.74) is 5.14. The summed E-state index contributed by atoms with van der Waals surface area (Å²) in [6, 6.07) is 17.6. The lowest BCUT2D eigenvalue weighted by Crippen LogP contribution is -2.24. The third kappa shape index (κ3) is 2.49. The molecule has 0 aromatic heterocycles. The van der Waals surface area contributed by atoms with Gasteiger partial charge in [-0.15, -0.1) is 6.58 Å². The molecule has 98 valence electrons. The van der Waals surface area contributed by atoms with Crippen molar-refractivity contribution in [3.05, 3.63) is 83.4 Å². The molecular formula is C19H22. The fourth-order valence-corrected chi connectivity index (χ4v) is 2.66. The Bertz CT molecular complexity index is 498. The van der Waals surface area contributed by atoms with Crippen molar-refractivity contribution in [1.29, 1.82) is 0 Å². The highest BCUT2D eigenvalue weighted by Crippen LogP contribution is 2.36. The van der Waals surface area contributed by atoms with Crippen LogP contribution in [0.25, 0.3) is 0 Å². The number of benzene rings is 2. The highest BCUT2D eigenvalue weighted by atomic mass is 14.3. The molecule has 0 aliphatic carbocycles. The average Bonchev–Trinajstić information content (AvgIpc) is 2.44. The first kappa shape index (κ1) is 13.6. The minimum Gasteiger partial charge on any atom is -0.102 e. The van der Waals surface area contributed by atoms with Crippen LogP contribution in [0.4, 0.5) is 0 Å². The van der Waals surface area contributed by atoms with Gasteiger partial charge in [0.25, 0.3) is 0 Å². The van der Waals surface area contributed by atoms with E-state index in [4.69, 9.17) is 0 Å². The molecule has 0 heteroatoms. The van der Waals surface area contributed by atoms with Crippen LogP contribution in [-0.4, -0.2) is 0 Å². The maximum Gasteiger partial charge on any atom is 0.0376 e. The van der Waals surface area contributed by atoms with Crippen LogP contribution < -0.4 is 0 Å². The predicted octanol–water partition coefficient (Wildman–Crippen LogP) is 5.19. The molecule has 0 N–H and O–H groups in total. The first-order valence-electron chi connectivity index (χ1n) is 6.90. The van der Waals surface area contributed by atoms with Gasteiger partial charge in [0.05, 0.1) is 0 Å². The molecule has 19 heavy (non-hydrogen) atoms. The summed E-state index contributed by atoms with van der Waals surface area (Å²) in [7, 11) is 0. The fourth-order valence-electron chi connectivity index (χ4n) is 2.66. The summed E-state index contributed by atoms with van der Waals surface area (Å²) in [6.07, 6.45) is 3.10. The van der Waals surface area contributed by atoms with Gasteiger partial charge in [0.15, 0.2) is 0 Å². The Hall–Kier alpha value is -1.82. The van der Waals surface area contributed by atoms with Crippen molar-refractivity contribution >= 4 is 0 Å². The van der Waals surface area contributed by atoms with Gasteiger partial charge in [0.2, 0.25) is 0 Å². The van der Waals surface area contributed by atoms with E-state index >= 15 is 0 Å². The molecule has 0 saturated carbocycles. The van der Waals surface area contributed by atoms with Crippen molar-refractivity contribution in [3.8, 4) is 0 Å². The molecule has 0 nitrogen and oxygen atoms in total. The summed E-state index contributed by atoms with van der Waals surface area (Å²) in [6.45, 7) is 10.6. The molecule has 0 amide bonds. The van der Waals surface area contributed by atoms with Gasteiger partial charge in [-0.3, -0.25) is 0 Å².